The Hall–Kier alpha value is -2.04. The number of anilines is 1. The van der Waals surface area contributed by atoms with E-state index < -0.39 is 22.2 Å². The second-order valence-electron chi connectivity index (χ2n) is 7.76. The summed E-state index contributed by atoms with van der Waals surface area (Å²) in [5, 5.41) is 2.82. The lowest BCUT2D eigenvalue weighted by molar-refractivity contribution is -0.148. The Labute approximate surface area is 178 Å². The van der Waals surface area contributed by atoms with Crippen molar-refractivity contribution in [1.82, 2.24) is 13.6 Å². The molecule has 1 N–H and O–H groups in total. The van der Waals surface area contributed by atoms with Gasteiger partial charge in [-0.2, -0.15) is 17.0 Å². The van der Waals surface area contributed by atoms with Gasteiger partial charge in [0.05, 0.1) is 6.61 Å². The van der Waals surface area contributed by atoms with Crippen LogP contribution in [0.2, 0.25) is 0 Å². The van der Waals surface area contributed by atoms with Crippen molar-refractivity contribution in [3.8, 4) is 0 Å². The summed E-state index contributed by atoms with van der Waals surface area (Å²) in [5.41, 5.74) is 0.999. The van der Waals surface area contributed by atoms with Crippen LogP contribution in [0.4, 0.5) is 5.82 Å². The number of piperidine rings is 2. The highest BCUT2D eigenvalue weighted by Crippen LogP contribution is 2.27. The highest BCUT2D eigenvalue weighted by atomic mass is 32.2. The van der Waals surface area contributed by atoms with Crippen LogP contribution < -0.4 is 5.32 Å². The van der Waals surface area contributed by atoms with E-state index in [2.05, 4.69) is 10.3 Å². The maximum atomic E-state index is 13.2. The number of carbonyl (C=O) groups is 2. The van der Waals surface area contributed by atoms with E-state index in [9.17, 15) is 18.0 Å². The molecule has 0 radical (unpaired) electrons. The van der Waals surface area contributed by atoms with Gasteiger partial charge >= 0.3 is 5.97 Å². The molecule has 2 saturated heterocycles. The topological polar surface area (TPSA) is 109 Å². The van der Waals surface area contributed by atoms with E-state index in [0.29, 0.717) is 31.6 Å². The number of amides is 1. The summed E-state index contributed by atoms with van der Waals surface area (Å²) in [5.74, 6) is -0.408. The third kappa shape index (κ3) is 5.16. The number of esters is 1. The molecule has 1 unspecified atom stereocenters. The second kappa shape index (κ2) is 9.84. The number of pyridine rings is 1. The quantitative estimate of drug-likeness (QED) is 0.677. The van der Waals surface area contributed by atoms with Gasteiger partial charge in [0.2, 0.25) is 5.91 Å². The molecule has 0 saturated carbocycles. The van der Waals surface area contributed by atoms with Gasteiger partial charge < -0.3 is 10.1 Å². The van der Waals surface area contributed by atoms with Gasteiger partial charge in [-0.3, -0.25) is 9.59 Å². The predicted molar refractivity (Wildman–Crippen MR) is 112 cm³/mol. The molecule has 1 amide bonds. The average Bonchev–Trinajstić information content (AvgIpc) is 2.74. The van der Waals surface area contributed by atoms with E-state index in [1.54, 1.807) is 19.2 Å². The molecule has 1 aromatic rings. The first kappa shape index (κ1) is 22.6. The molecular weight excluding hydrogens is 408 g/mol. The number of aryl methyl sites for hydroxylation is 1. The molecule has 10 heteroatoms. The minimum Gasteiger partial charge on any atom is -0.465 e. The Kier molecular flexibility index (Phi) is 7.43. The molecule has 0 aliphatic carbocycles. The first-order valence-corrected chi connectivity index (χ1v) is 11.9. The van der Waals surface area contributed by atoms with Gasteiger partial charge in [0.15, 0.2) is 0 Å². The molecule has 3 heterocycles. The molecule has 166 valence electrons. The molecule has 0 spiro atoms. The van der Waals surface area contributed by atoms with Crippen LogP contribution in [0.3, 0.4) is 0 Å². The van der Waals surface area contributed by atoms with Gasteiger partial charge in [-0.15, -0.1) is 0 Å². The molecule has 30 heavy (non-hydrogen) atoms. The van der Waals surface area contributed by atoms with Crippen LogP contribution in [0.15, 0.2) is 18.3 Å². The van der Waals surface area contributed by atoms with Gasteiger partial charge in [0.25, 0.3) is 10.2 Å². The minimum atomic E-state index is -3.79. The Morgan fingerprint density at radius 3 is 2.60 bits per heavy atom. The van der Waals surface area contributed by atoms with Crippen LogP contribution in [-0.2, 0) is 24.5 Å². The zero-order chi connectivity index (χ0) is 21.7. The lowest BCUT2D eigenvalue weighted by atomic mass is 9.97. The summed E-state index contributed by atoms with van der Waals surface area (Å²) in [7, 11) is -3.79. The average molecular weight is 439 g/mol. The van der Waals surface area contributed by atoms with Crippen LogP contribution in [-0.4, -0.2) is 66.2 Å². The third-order valence-electron chi connectivity index (χ3n) is 5.63. The monoisotopic (exact) mass is 438 g/mol. The second-order valence-corrected chi connectivity index (χ2v) is 9.64. The summed E-state index contributed by atoms with van der Waals surface area (Å²) in [4.78, 5) is 29.0. The third-order valence-corrected chi connectivity index (χ3v) is 7.67. The van der Waals surface area contributed by atoms with E-state index in [1.165, 1.54) is 8.61 Å². The number of carbonyl (C=O) groups excluding carboxylic acids is 2. The first-order chi connectivity index (χ1) is 14.3. The van der Waals surface area contributed by atoms with Crippen LogP contribution in [0.25, 0.3) is 0 Å². The number of hydrogen-bond donors (Lipinski definition) is 1. The van der Waals surface area contributed by atoms with Crippen molar-refractivity contribution in [1.29, 1.82) is 0 Å². The van der Waals surface area contributed by atoms with Gasteiger partial charge in [-0.1, -0.05) is 0 Å². The number of rotatable bonds is 6. The van der Waals surface area contributed by atoms with Gasteiger partial charge in [-0.05, 0) is 63.6 Å². The fraction of sp³-hybridized carbons (Fsp3) is 0.650. The molecule has 1 aromatic heterocycles. The molecule has 1 atom stereocenters. The molecule has 2 fully saturated rings. The highest BCUT2D eigenvalue weighted by Gasteiger charge is 2.42. The molecule has 0 aromatic carbocycles. The zero-order valence-corrected chi connectivity index (χ0v) is 18.4. The molecule has 9 nitrogen and oxygen atoms in total. The molecule has 2 aliphatic heterocycles. The normalized spacial score (nSPS) is 21.9. The van der Waals surface area contributed by atoms with Crippen LogP contribution in [0, 0.1) is 12.8 Å². The Morgan fingerprint density at radius 2 is 1.93 bits per heavy atom. The predicted octanol–water partition coefficient (Wildman–Crippen LogP) is 1.70. The lowest BCUT2D eigenvalue weighted by Gasteiger charge is -2.38. The van der Waals surface area contributed by atoms with Crippen molar-refractivity contribution in [2.45, 2.75) is 52.0 Å². The number of nitrogens with zero attached hydrogens (tertiary/aromatic N) is 3. The zero-order valence-electron chi connectivity index (χ0n) is 17.5. The Morgan fingerprint density at radius 1 is 1.20 bits per heavy atom. The van der Waals surface area contributed by atoms with Crippen molar-refractivity contribution >= 4 is 27.9 Å². The Balaban J connectivity index is 1.61. The molecular formula is C20H30N4O5S. The van der Waals surface area contributed by atoms with Crippen LogP contribution >= 0.6 is 0 Å². The highest BCUT2D eigenvalue weighted by molar-refractivity contribution is 7.86. The number of aromatic nitrogens is 1. The maximum absolute atomic E-state index is 13.2. The number of nitrogens with one attached hydrogen (secondary N) is 1. The fourth-order valence-electron chi connectivity index (χ4n) is 3.99. The van der Waals surface area contributed by atoms with Gasteiger partial charge in [0, 0.05) is 31.7 Å². The van der Waals surface area contributed by atoms with Crippen LogP contribution in [0.1, 0.15) is 44.6 Å². The van der Waals surface area contributed by atoms with Gasteiger partial charge in [0.1, 0.15) is 11.9 Å². The molecule has 2 aliphatic rings. The van der Waals surface area contributed by atoms with E-state index in [4.69, 9.17) is 4.74 Å². The van der Waals surface area contributed by atoms with Crippen molar-refractivity contribution in [3.05, 3.63) is 23.9 Å². The van der Waals surface area contributed by atoms with Crippen molar-refractivity contribution in [3.63, 3.8) is 0 Å². The van der Waals surface area contributed by atoms with Crippen LogP contribution in [0.5, 0.6) is 0 Å². The SMILES string of the molecule is CCOC(=O)C1CCCCN1S(=O)(=O)N1CCC(C(=O)Nc2cc(C)ccn2)CC1. The summed E-state index contributed by atoms with van der Waals surface area (Å²) >= 11 is 0. The minimum absolute atomic E-state index is 0.146. The Bertz CT molecular complexity index is 868. The smallest absolute Gasteiger partial charge is 0.324 e. The summed E-state index contributed by atoms with van der Waals surface area (Å²) in [6.45, 7) is 4.65. The lowest BCUT2D eigenvalue weighted by Crippen LogP contribution is -2.55. The van der Waals surface area contributed by atoms with E-state index >= 15 is 0 Å². The maximum Gasteiger partial charge on any atom is 0.324 e. The van der Waals surface area contributed by atoms with Gasteiger partial charge in [-0.25, -0.2) is 4.98 Å². The number of hydrogen-bond acceptors (Lipinski definition) is 6. The fourth-order valence-corrected chi connectivity index (χ4v) is 5.83. The summed E-state index contributed by atoms with van der Waals surface area (Å²) in [6, 6.07) is 2.88. The summed E-state index contributed by atoms with van der Waals surface area (Å²) in [6.07, 6.45) is 4.48. The van der Waals surface area contributed by atoms with Crippen molar-refractivity contribution in [2.75, 3.05) is 31.6 Å². The molecule has 0 bridgehead atoms. The molecule has 3 rings (SSSR count). The number of ether oxygens (including phenoxy) is 1. The van der Waals surface area contributed by atoms with Crippen molar-refractivity contribution in [2.24, 2.45) is 5.92 Å². The van der Waals surface area contributed by atoms with Crippen molar-refractivity contribution < 1.29 is 22.7 Å². The van der Waals surface area contributed by atoms with E-state index in [0.717, 1.165) is 18.4 Å². The van der Waals surface area contributed by atoms with E-state index in [-0.39, 0.29) is 31.5 Å². The standard InChI is InChI=1S/C20H30N4O5S/c1-3-29-20(26)17-6-4-5-11-24(17)30(27,28)23-12-8-16(9-13-23)19(25)22-18-14-15(2)7-10-21-18/h7,10,14,16-17H,3-6,8-9,11-13H2,1-2H3,(H,21,22,25). The van der Waals surface area contributed by atoms with E-state index in [1.807, 2.05) is 13.0 Å². The largest absolute Gasteiger partial charge is 0.465 e. The summed E-state index contributed by atoms with van der Waals surface area (Å²) < 4.78 is 34.2. The first-order valence-electron chi connectivity index (χ1n) is 10.5.